The van der Waals surface area contributed by atoms with Crippen molar-refractivity contribution in [3.05, 3.63) is 60.2 Å². The highest BCUT2D eigenvalue weighted by Crippen LogP contribution is 2.31. The van der Waals surface area contributed by atoms with Crippen molar-refractivity contribution >= 4 is 5.91 Å². The fraction of sp³-hybridized carbons (Fsp3) is 0.263. The van der Waals surface area contributed by atoms with E-state index in [0.717, 1.165) is 16.9 Å². The van der Waals surface area contributed by atoms with Gasteiger partial charge in [-0.25, -0.2) is 0 Å². The molecule has 0 bridgehead atoms. The second-order valence-corrected chi connectivity index (χ2v) is 6.08. The topological polar surface area (TPSA) is 90.1 Å². The van der Waals surface area contributed by atoms with Gasteiger partial charge in [0.2, 0.25) is 17.6 Å². The molecule has 1 aliphatic rings. The van der Waals surface area contributed by atoms with Crippen LogP contribution in [0, 0.1) is 0 Å². The molecule has 1 atom stereocenters. The lowest BCUT2D eigenvalue weighted by atomic mass is 10.1. The average molecular weight is 350 g/mol. The average Bonchev–Trinajstić information content (AvgIpc) is 3.30. The number of ether oxygens (including phenoxy) is 1. The van der Waals surface area contributed by atoms with E-state index in [4.69, 9.17) is 9.26 Å². The van der Waals surface area contributed by atoms with Gasteiger partial charge in [0.1, 0.15) is 12.4 Å². The molecular weight excluding hydrogens is 332 g/mol. The molecule has 0 radical (unpaired) electrons. The third kappa shape index (κ3) is 3.56. The molecule has 132 valence electrons. The zero-order valence-electron chi connectivity index (χ0n) is 14.1. The molecular formula is C19H18N4O3. The number of rotatable bonds is 6. The summed E-state index contributed by atoms with van der Waals surface area (Å²) in [5, 5.41) is 6.96. The molecule has 1 N–H and O–H groups in total. The molecule has 7 nitrogen and oxygen atoms in total. The first kappa shape index (κ1) is 16.3. The maximum Gasteiger partial charge on any atom is 0.226 e. The molecule has 7 heteroatoms. The van der Waals surface area contributed by atoms with E-state index in [1.165, 1.54) is 0 Å². The van der Waals surface area contributed by atoms with E-state index in [9.17, 15) is 4.79 Å². The highest BCUT2D eigenvalue weighted by molar-refractivity contribution is 5.76. The molecule has 26 heavy (non-hydrogen) atoms. The largest absolute Gasteiger partial charge is 0.491 e. The van der Waals surface area contributed by atoms with E-state index in [0.29, 0.717) is 37.6 Å². The van der Waals surface area contributed by atoms with E-state index in [1.807, 2.05) is 36.4 Å². The quantitative estimate of drug-likeness (QED) is 0.735. The molecule has 3 aromatic rings. The highest BCUT2D eigenvalue weighted by atomic mass is 16.5. The number of fused-ring (bicyclic) bond motifs is 1. The van der Waals surface area contributed by atoms with Crippen LogP contribution in [0.5, 0.6) is 5.75 Å². The minimum atomic E-state index is -0.0840. The van der Waals surface area contributed by atoms with Crippen LogP contribution in [0.4, 0.5) is 0 Å². The van der Waals surface area contributed by atoms with Crippen LogP contribution in [-0.4, -0.2) is 27.6 Å². The minimum absolute atomic E-state index is 0.0118. The second kappa shape index (κ2) is 7.35. The van der Waals surface area contributed by atoms with E-state index < -0.39 is 0 Å². The van der Waals surface area contributed by atoms with E-state index in [1.54, 1.807) is 12.4 Å². The van der Waals surface area contributed by atoms with Gasteiger partial charge in [0.25, 0.3) is 0 Å². The van der Waals surface area contributed by atoms with Crippen molar-refractivity contribution in [3.8, 4) is 17.1 Å². The summed E-state index contributed by atoms with van der Waals surface area (Å²) in [5.41, 5.74) is 1.83. The van der Waals surface area contributed by atoms with Crippen molar-refractivity contribution in [1.29, 1.82) is 0 Å². The Hall–Kier alpha value is -3.22. The first-order valence-corrected chi connectivity index (χ1v) is 8.53. The first-order valence-electron chi connectivity index (χ1n) is 8.53. The third-order valence-corrected chi connectivity index (χ3v) is 4.22. The summed E-state index contributed by atoms with van der Waals surface area (Å²) < 4.78 is 10.8. The molecule has 0 fully saturated rings. The molecule has 0 aliphatic carbocycles. The number of hydrogen-bond acceptors (Lipinski definition) is 6. The van der Waals surface area contributed by atoms with Gasteiger partial charge in [0, 0.05) is 36.4 Å². The van der Waals surface area contributed by atoms with Crippen molar-refractivity contribution in [2.45, 2.75) is 25.3 Å². The van der Waals surface area contributed by atoms with E-state index in [-0.39, 0.29) is 11.9 Å². The maximum absolute atomic E-state index is 12.2. The van der Waals surface area contributed by atoms with Crippen LogP contribution >= 0.6 is 0 Å². The summed E-state index contributed by atoms with van der Waals surface area (Å²) in [4.78, 5) is 20.6. The predicted octanol–water partition coefficient (Wildman–Crippen LogP) is 2.70. The Morgan fingerprint density at radius 3 is 3.04 bits per heavy atom. The van der Waals surface area contributed by atoms with Gasteiger partial charge in [0.15, 0.2) is 0 Å². The number of nitrogens with one attached hydrogen (secondary N) is 1. The third-order valence-electron chi connectivity index (χ3n) is 4.22. The van der Waals surface area contributed by atoms with Crippen molar-refractivity contribution < 1.29 is 14.1 Å². The fourth-order valence-electron chi connectivity index (χ4n) is 2.92. The number of nitrogens with zero attached hydrogens (tertiary/aromatic N) is 3. The Morgan fingerprint density at radius 2 is 2.15 bits per heavy atom. The molecule has 0 saturated heterocycles. The number of hydrogen-bond donors (Lipinski definition) is 1. The molecule has 0 spiro atoms. The molecule has 2 aromatic heterocycles. The normalized spacial score (nSPS) is 15.3. The lowest BCUT2D eigenvalue weighted by Crippen LogP contribution is -2.29. The van der Waals surface area contributed by atoms with Crippen LogP contribution in [0.3, 0.4) is 0 Å². The number of amides is 1. The Balaban J connectivity index is 1.26. The minimum Gasteiger partial charge on any atom is -0.491 e. The number of para-hydroxylation sites is 1. The zero-order chi connectivity index (χ0) is 17.8. The van der Waals surface area contributed by atoms with Gasteiger partial charge in [-0.2, -0.15) is 4.98 Å². The van der Waals surface area contributed by atoms with Crippen LogP contribution in [0.2, 0.25) is 0 Å². The zero-order valence-corrected chi connectivity index (χ0v) is 14.1. The van der Waals surface area contributed by atoms with Crippen LogP contribution in [0.25, 0.3) is 11.4 Å². The van der Waals surface area contributed by atoms with Gasteiger partial charge in [0.05, 0.1) is 6.04 Å². The molecule has 0 saturated carbocycles. The Labute approximate surface area is 150 Å². The monoisotopic (exact) mass is 350 g/mol. The molecule has 1 amide bonds. The first-order chi connectivity index (χ1) is 12.8. The number of carbonyl (C=O) groups excluding carboxylic acids is 1. The summed E-state index contributed by atoms with van der Waals surface area (Å²) in [6.45, 7) is 0.475. The van der Waals surface area contributed by atoms with Crippen molar-refractivity contribution in [2.75, 3.05) is 6.61 Å². The number of aryl methyl sites for hydroxylation is 1. The van der Waals surface area contributed by atoms with Gasteiger partial charge in [-0.3, -0.25) is 9.78 Å². The number of aromatic nitrogens is 3. The van der Waals surface area contributed by atoms with Crippen molar-refractivity contribution in [3.63, 3.8) is 0 Å². The highest BCUT2D eigenvalue weighted by Gasteiger charge is 2.24. The van der Waals surface area contributed by atoms with E-state index in [2.05, 4.69) is 20.4 Å². The van der Waals surface area contributed by atoms with Crippen molar-refractivity contribution in [2.24, 2.45) is 0 Å². The van der Waals surface area contributed by atoms with Gasteiger partial charge < -0.3 is 14.6 Å². The van der Waals surface area contributed by atoms with Crippen molar-refractivity contribution in [1.82, 2.24) is 20.4 Å². The van der Waals surface area contributed by atoms with Gasteiger partial charge in [-0.1, -0.05) is 23.4 Å². The Bertz CT molecular complexity index is 895. The summed E-state index contributed by atoms with van der Waals surface area (Å²) >= 11 is 0. The molecule has 4 rings (SSSR count). The molecule has 1 unspecified atom stereocenters. The van der Waals surface area contributed by atoms with Crippen LogP contribution in [0.1, 0.15) is 30.3 Å². The summed E-state index contributed by atoms with van der Waals surface area (Å²) in [6.07, 6.45) is 4.96. The summed E-state index contributed by atoms with van der Waals surface area (Å²) in [7, 11) is 0. The summed E-state index contributed by atoms with van der Waals surface area (Å²) in [6, 6.07) is 11.4. The van der Waals surface area contributed by atoms with Gasteiger partial charge >= 0.3 is 0 Å². The van der Waals surface area contributed by atoms with Gasteiger partial charge in [-0.15, -0.1) is 0 Å². The smallest absolute Gasteiger partial charge is 0.226 e. The maximum atomic E-state index is 12.2. The number of pyridine rings is 1. The standard InChI is InChI=1S/C19H18N4O3/c24-17(21-15-12-25-16-7-2-1-6-14(15)16)8-3-9-18-22-19(23-26-18)13-5-4-10-20-11-13/h1-2,4-7,10-11,15H,3,8-9,12H2,(H,21,24). The van der Waals surface area contributed by atoms with Crippen LogP contribution in [0.15, 0.2) is 53.3 Å². The Kier molecular flexibility index (Phi) is 4.59. The lowest BCUT2D eigenvalue weighted by Gasteiger charge is -2.11. The number of carbonyl (C=O) groups is 1. The van der Waals surface area contributed by atoms with Crippen LogP contribution in [-0.2, 0) is 11.2 Å². The summed E-state index contributed by atoms with van der Waals surface area (Å²) in [5.74, 6) is 1.86. The van der Waals surface area contributed by atoms with Crippen LogP contribution < -0.4 is 10.1 Å². The molecule has 1 aliphatic heterocycles. The molecule has 3 heterocycles. The van der Waals surface area contributed by atoms with E-state index >= 15 is 0 Å². The fourth-order valence-corrected chi connectivity index (χ4v) is 2.92. The second-order valence-electron chi connectivity index (χ2n) is 6.08. The Morgan fingerprint density at radius 1 is 1.23 bits per heavy atom. The lowest BCUT2D eigenvalue weighted by molar-refractivity contribution is -0.122. The van der Waals surface area contributed by atoms with Gasteiger partial charge in [-0.05, 0) is 24.6 Å². The molecule has 1 aromatic carbocycles. The SMILES string of the molecule is O=C(CCCc1nc(-c2cccnc2)no1)NC1COc2ccccc21. The predicted molar refractivity (Wildman–Crippen MR) is 93.3 cm³/mol. The number of benzene rings is 1.